The second-order valence-corrected chi connectivity index (χ2v) is 4.63. The van der Waals surface area contributed by atoms with Crippen molar-refractivity contribution >= 4 is 11.9 Å². The zero-order valence-corrected chi connectivity index (χ0v) is 8.83. The number of nitrogens with one attached hydrogen (secondary N) is 1. The van der Waals surface area contributed by atoms with E-state index in [9.17, 15) is 9.59 Å². The summed E-state index contributed by atoms with van der Waals surface area (Å²) in [5, 5.41) is 11.7. The van der Waals surface area contributed by atoms with Gasteiger partial charge in [-0.3, -0.25) is 9.59 Å². The molecule has 1 aliphatic rings. The SMILES string of the molecule is CC(C)C(=O)NC1CC(C)(C(=O)O)C1. The Morgan fingerprint density at radius 1 is 1.43 bits per heavy atom. The van der Waals surface area contributed by atoms with Crippen LogP contribution >= 0.6 is 0 Å². The molecule has 2 N–H and O–H groups in total. The fourth-order valence-corrected chi connectivity index (χ4v) is 1.67. The molecular formula is C10H17NO3. The number of aliphatic carboxylic acids is 1. The molecule has 0 spiro atoms. The molecule has 0 aromatic rings. The van der Waals surface area contributed by atoms with Crippen LogP contribution in [-0.4, -0.2) is 23.0 Å². The first-order valence-electron chi connectivity index (χ1n) is 4.89. The van der Waals surface area contributed by atoms with E-state index < -0.39 is 11.4 Å². The summed E-state index contributed by atoms with van der Waals surface area (Å²) in [5.74, 6) is -0.804. The molecule has 0 saturated heterocycles. The van der Waals surface area contributed by atoms with Crippen LogP contribution < -0.4 is 5.32 Å². The summed E-state index contributed by atoms with van der Waals surface area (Å²) in [4.78, 5) is 22.0. The fraction of sp³-hybridized carbons (Fsp3) is 0.800. The Balaban J connectivity index is 2.35. The number of carboxylic acids is 1. The summed E-state index contributed by atoms with van der Waals surface area (Å²) in [6.45, 7) is 5.36. The van der Waals surface area contributed by atoms with Crippen LogP contribution in [0.4, 0.5) is 0 Å². The summed E-state index contributed by atoms with van der Waals surface area (Å²) >= 11 is 0. The Hall–Kier alpha value is -1.06. The highest BCUT2D eigenvalue weighted by Gasteiger charge is 2.46. The van der Waals surface area contributed by atoms with Crippen LogP contribution in [0.3, 0.4) is 0 Å². The zero-order chi connectivity index (χ0) is 10.9. The quantitative estimate of drug-likeness (QED) is 0.713. The van der Waals surface area contributed by atoms with Gasteiger partial charge in [-0.2, -0.15) is 0 Å². The maximum atomic E-state index is 11.3. The minimum absolute atomic E-state index is 0.00226. The van der Waals surface area contributed by atoms with Crippen molar-refractivity contribution in [2.75, 3.05) is 0 Å². The molecule has 80 valence electrons. The third-order valence-electron chi connectivity index (χ3n) is 2.78. The van der Waals surface area contributed by atoms with E-state index in [1.54, 1.807) is 6.92 Å². The van der Waals surface area contributed by atoms with Gasteiger partial charge in [0.15, 0.2) is 0 Å². The maximum Gasteiger partial charge on any atom is 0.309 e. The lowest BCUT2D eigenvalue weighted by molar-refractivity contribution is -0.155. The summed E-state index contributed by atoms with van der Waals surface area (Å²) in [7, 11) is 0. The lowest BCUT2D eigenvalue weighted by Crippen LogP contribution is -2.53. The molecule has 1 amide bonds. The molecule has 0 aromatic heterocycles. The van der Waals surface area contributed by atoms with Gasteiger partial charge in [-0.25, -0.2) is 0 Å². The molecule has 4 nitrogen and oxygen atoms in total. The van der Waals surface area contributed by atoms with Gasteiger partial charge in [0.2, 0.25) is 5.91 Å². The number of amides is 1. The first kappa shape index (κ1) is 11.0. The second kappa shape index (κ2) is 3.59. The number of rotatable bonds is 3. The van der Waals surface area contributed by atoms with E-state index in [1.165, 1.54) is 0 Å². The van der Waals surface area contributed by atoms with E-state index in [2.05, 4.69) is 5.32 Å². The van der Waals surface area contributed by atoms with Gasteiger partial charge < -0.3 is 10.4 Å². The van der Waals surface area contributed by atoms with Crippen LogP contribution in [0.2, 0.25) is 0 Å². The summed E-state index contributed by atoms with van der Waals surface area (Å²) in [6.07, 6.45) is 1.08. The molecule has 0 aromatic carbocycles. The van der Waals surface area contributed by atoms with Gasteiger partial charge in [-0.15, -0.1) is 0 Å². The highest BCUT2D eigenvalue weighted by Crippen LogP contribution is 2.40. The Morgan fingerprint density at radius 3 is 2.29 bits per heavy atom. The van der Waals surface area contributed by atoms with E-state index in [4.69, 9.17) is 5.11 Å². The third-order valence-corrected chi connectivity index (χ3v) is 2.78. The molecule has 14 heavy (non-hydrogen) atoms. The van der Waals surface area contributed by atoms with E-state index in [1.807, 2.05) is 13.8 Å². The van der Waals surface area contributed by atoms with E-state index in [-0.39, 0.29) is 17.9 Å². The van der Waals surface area contributed by atoms with Crippen LogP contribution in [0.1, 0.15) is 33.6 Å². The summed E-state index contributed by atoms with van der Waals surface area (Å²) < 4.78 is 0. The van der Waals surface area contributed by atoms with Crippen molar-refractivity contribution in [1.29, 1.82) is 0 Å². The molecule has 0 radical (unpaired) electrons. The maximum absolute atomic E-state index is 11.3. The standard InChI is InChI=1S/C10H17NO3/c1-6(2)8(12)11-7-4-10(3,5-7)9(13)14/h6-7H,4-5H2,1-3H3,(H,11,12)(H,13,14). The van der Waals surface area contributed by atoms with Crippen LogP contribution in [0, 0.1) is 11.3 Å². The lowest BCUT2D eigenvalue weighted by atomic mass is 9.67. The van der Waals surface area contributed by atoms with E-state index in [0.717, 1.165) is 0 Å². The van der Waals surface area contributed by atoms with Gasteiger partial charge in [0, 0.05) is 12.0 Å². The second-order valence-electron chi connectivity index (χ2n) is 4.63. The Labute approximate surface area is 83.7 Å². The number of hydrogen-bond acceptors (Lipinski definition) is 2. The minimum atomic E-state index is -0.771. The van der Waals surface area contributed by atoms with Gasteiger partial charge in [0.05, 0.1) is 5.41 Å². The highest BCUT2D eigenvalue weighted by atomic mass is 16.4. The molecule has 0 atom stereocenters. The Bertz CT molecular complexity index is 254. The number of hydrogen-bond donors (Lipinski definition) is 2. The van der Waals surface area contributed by atoms with Crippen molar-refractivity contribution in [3.63, 3.8) is 0 Å². The van der Waals surface area contributed by atoms with Gasteiger partial charge in [-0.1, -0.05) is 13.8 Å². The van der Waals surface area contributed by atoms with Gasteiger partial charge in [-0.05, 0) is 19.8 Å². The average molecular weight is 199 g/mol. The van der Waals surface area contributed by atoms with E-state index >= 15 is 0 Å². The number of carbonyl (C=O) groups is 2. The molecule has 1 fully saturated rings. The predicted molar refractivity (Wildman–Crippen MR) is 51.7 cm³/mol. The smallest absolute Gasteiger partial charge is 0.309 e. The number of carboxylic acid groups (broad SMARTS) is 1. The predicted octanol–water partition coefficient (Wildman–Crippen LogP) is 1.01. The van der Waals surface area contributed by atoms with Crippen LogP contribution in [0.5, 0.6) is 0 Å². The molecule has 1 rings (SSSR count). The lowest BCUT2D eigenvalue weighted by Gasteiger charge is -2.42. The first-order valence-corrected chi connectivity index (χ1v) is 4.89. The summed E-state index contributed by atoms with van der Waals surface area (Å²) in [6, 6.07) is 0.0472. The van der Waals surface area contributed by atoms with Crippen LogP contribution in [0.25, 0.3) is 0 Å². The highest BCUT2D eigenvalue weighted by molar-refractivity contribution is 5.80. The average Bonchev–Trinajstić information content (AvgIpc) is 2.00. The van der Waals surface area contributed by atoms with Crippen molar-refractivity contribution in [3.05, 3.63) is 0 Å². The van der Waals surface area contributed by atoms with Gasteiger partial charge >= 0.3 is 5.97 Å². The largest absolute Gasteiger partial charge is 0.481 e. The van der Waals surface area contributed by atoms with Crippen molar-refractivity contribution in [1.82, 2.24) is 5.32 Å². The Morgan fingerprint density at radius 2 is 1.93 bits per heavy atom. The normalized spacial score (nSPS) is 31.0. The third kappa shape index (κ3) is 2.05. The van der Waals surface area contributed by atoms with E-state index in [0.29, 0.717) is 12.8 Å². The van der Waals surface area contributed by atoms with Crippen LogP contribution in [0.15, 0.2) is 0 Å². The first-order chi connectivity index (χ1) is 6.35. The molecule has 0 heterocycles. The minimum Gasteiger partial charge on any atom is -0.481 e. The molecule has 0 bridgehead atoms. The van der Waals surface area contributed by atoms with Crippen LogP contribution in [-0.2, 0) is 9.59 Å². The molecule has 4 heteroatoms. The summed E-state index contributed by atoms with van der Waals surface area (Å²) in [5.41, 5.74) is -0.630. The Kier molecular flexibility index (Phi) is 2.83. The molecule has 0 unspecified atom stereocenters. The van der Waals surface area contributed by atoms with Crippen molar-refractivity contribution in [2.45, 2.75) is 39.7 Å². The van der Waals surface area contributed by atoms with Crippen molar-refractivity contribution in [3.8, 4) is 0 Å². The molecule has 1 saturated carbocycles. The van der Waals surface area contributed by atoms with Gasteiger partial charge in [0.25, 0.3) is 0 Å². The molecule has 1 aliphatic carbocycles. The van der Waals surface area contributed by atoms with Crippen molar-refractivity contribution < 1.29 is 14.7 Å². The monoisotopic (exact) mass is 199 g/mol. The topological polar surface area (TPSA) is 66.4 Å². The van der Waals surface area contributed by atoms with Crippen molar-refractivity contribution in [2.24, 2.45) is 11.3 Å². The fourth-order valence-electron chi connectivity index (χ4n) is 1.67. The van der Waals surface area contributed by atoms with Gasteiger partial charge in [0.1, 0.15) is 0 Å². The molecule has 0 aliphatic heterocycles. The zero-order valence-electron chi connectivity index (χ0n) is 8.83. The number of carbonyl (C=O) groups excluding carboxylic acids is 1. The molecular weight excluding hydrogens is 182 g/mol.